The summed E-state index contributed by atoms with van der Waals surface area (Å²) in [5.41, 5.74) is 1.74. The van der Waals surface area contributed by atoms with E-state index in [1.54, 1.807) is 26.4 Å². The number of amides is 1. The smallest absolute Gasteiger partial charge is 0.279 e. The highest BCUT2D eigenvalue weighted by atomic mass is 32.1. The number of rotatable bonds is 5. The van der Waals surface area contributed by atoms with Crippen molar-refractivity contribution >= 4 is 32.6 Å². The Morgan fingerprint density at radius 1 is 1.07 bits per heavy atom. The number of hydrogen-bond donors (Lipinski definition) is 1. The molecule has 0 radical (unpaired) electrons. The molecule has 1 N–H and O–H groups in total. The van der Waals surface area contributed by atoms with Crippen LogP contribution >= 0.6 is 11.3 Å². The maximum atomic E-state index is 12.5. The molecule has 0 aliphatic rings. The number of ether oxygens (including phenoxy) is 2. The van der Waals surface area contributed by atoms with Crippen molar-refractivity contribution in [3.63, 3.8) is 0 Å². The lowest BCUT2D eigenvalue weighted by atomic mass is 10.1. The number of methoxy groups -OCH3 is 2. The van der Waals surface area contributed by atoms with Crippen LogP contribution in [0.25, 0.3) is 21.5 Å². The molecule has 0 atom stereocenters. The Hall–Kier alpha value is -3.39. The third kappa shape index (κ3) is 3.34. The van der Waals surface area contributed by atoms with Gasteiger partial charge in [-0.25, -0.2) is 4.98 Å². The Morgan fingerprint density at radius 2 is 1.81 bits per heavy atom. The summed E-state index contributed by atoms with van der Waals surface area (Å²) in [5, 5.41) is 7.05. The maximum Gasteiger partial charge on any atom is 0.279 e. The van der Waals surface area contributed by atoms with Crippen LogP contribution in [0, 0.1) is 0 Å². The minimum Gasteiger partial charge on any atom is -0.493 e. The molecule has 4 aromatic rings. The fraction of sp³-hybridized carbons (Fsp3) is 0.105. The number of thiazole rings is 1. The van der Waals surface area contributed by atoms with Gasteiger partial charge in [0.25, 0.3) is 5.91 Å². The van der Waals surface area contributed by atoms with E-state index in [0.717, 1.165) is 10.3 Å². The molecule has 0 aliphatic heterocycles. The second-order valence-corrected chi connectivity index (χ2v) is 6.62. The molecule has 1 amide bonds. The van der Waals surface area contributed by atoms with Crippen LogP contribution in [0.4, 0.5) is 5.13 Å². The molecule has 2 aromatic carbocycles. The average Bonchev–Trinajstić information content (AvgIpc) is 3.34. The van der Waals surface area contributed by atoms with E-state index in [1.165, 1.54) is 11.3 Å². The monoisotopic (exact) mass is 381 g/mol. The standard InChI is InChI=1S/C19H15N3O4S/c1-24-15-8-12-17(10-16(15)25-2)27-19(20-12)21-18(23)13-9-14(26-22-13)11-6-4-3-5-7-11/h3-10H,1-2H3,(H,20,21,23). The zero-order valence-corrected chi connectivity index (χ0v) is 15.4. The lowest BCUT2D eigenvalue weighted by Crippen LogP contribution is -2.11. The van der Waals surface area contributed by atoms with Gasteiger partial charge in [-0.3, -0.25) is 10.1 Å². The van der Waals surface area contributed by atoms with Gasteiger partial charge in [-0.2, -0.15) is 0 Å². The first-order valence-electron chi connectivity index (χ1n) is 8.04. The van der Waals surface area contributed by atoms with Crippen LogP contribution in [0.5, 0.6) is 11.5 Å². The van der Waals surface area contributed by atoms with E-state index in [4.69, 9.17) is 14.0 Å². The second kappa shape index (κ2) is 7.08. The van der Waals surface area contributed by atoms with Gasteiger partial charge in [0.2, 0.25) is 0 Å². The zero-order chi connectivity index (χ0) is 18.8. The summed E-state index contributed by atoms with van der Waals surface area (Å²) >= 11 is 1.34. The first-order valence-corrected chi connectivity index (χ1v) is 8.85. The summed E-state index contributed by atoms with van der Waals surface area (Å²) in [7, 11) is 3.13. The van der Waals surface area contributed by atoms with Crippen molar-refractivity contribution < 1.29 is 18.8 Å². The number of carbonyl (C=O) groups is 1. The van der Waals surface area contributed by atoms with E-state index in [0.29, 0.717) is 27.9 Å². The van der Waals surface area contributed by atoms with E-state index < -0.39 is 0 Å². The van der Waals surface area contributed by atoms with Crippen LogP contribution in [-0.2, 0) is 0 Å². The normalized spacial score (nSPS) is 10.7. The van der Waals surface area contributed by atoms with E-state index in [1.807, 2.05) is 36.4 Å². The van der Waals surface area contributed by atoms with Crippen LogP contribution in [0.1, 0.15) is 10.5 Å². The van der Waals surface area contributed by atoms with Crippen LogP contribution in [0.2, 0.25) is 0 Å². The van der Waals surface area contributed by atoms with E-state index >= 15 is 0 Å². The number of nitrogens with zero attached hydrogens (tertiary/aromatic N) is 2. The molecule has 2 aromatic heterocycles. The topological polar surface area (TPSA) is 86.5 Å². The summed E-state index contributed by atoms with van der Waals surface area (Å²) in [5.74, 6) is 1.33. The molecule has 0 bridgehead atoms. The van der Waals surface area contributed by atoms with Crippen molar-refractivity contribution in [1.82, 2.24) is 10.1 Å². The molecular weight excluding hydrogens is 366 g/mol. The first kappa shape index (κ1) is 17.0. The summed E-state index contributed by atoms with van der Waals surface area (Å²) in [6.07, 6.45) is 0. The van der Waals surface area contributed by atoms with Crippen molar-refractivity contribution in [1.29, 1.82) is 0 Å². The predicted molar refractivity (Wildman–Crippen MR) is 103 cm³/mol. The van der Waals surface area contributed by atoms with Crippen molar-refractivity contribution in [2.24, 2.45) is 0 Å². The second-order valence-electron chi connectivity index (χ2n) is 5.59. The molecular formula is C19H15N3O4S. The number of benzene rings is 2. The molecule has 0 fully saturated rings. The van der Waals surface area contributed by atoms with Crippen molar-refractivity contribution in [2.75, 3.05) is 19.5 Å². The molecule has 7 nitrogen and oxygen atoms in total. The summed E-state index contributed by atoms with van der Waals surface area (Å²) in [4.78, 5) is 16.9. The quantitative estimate of drug-likeness (QED) is 0.557. The number of aromatic nitrogens is 2. The molecule has 0 saturated carbocycles. The number of nitrogens with one attached hydrogen (secondary N) is 1. The molecule has 136 valence electrons. The minimum atomic E-state index is -0.390. The first-order chi connectivity index (χ1) is 13.2. The Balaban J connectivity index is 1.57. The van der Waals surface area contributed by atoms with Crippen LogP contribution in [0.3, 0.4) is 0 Å². The fourth-order valence-corrected chi connectivity index (χ4v) is 3.46. The van der Waals surface area contributed by atoms with E-state index in [2.05, 4.69) is 15.5 Å². The predicted octanol–water partition coefficient (Wildman–Crippen LogP) is 4.22. The van der Waals surface area contributed by atoms with Crippen molar-refractivity contribution in [3.05, 3.63) is 54.2 Å². The molecule has 4 rings (SSSR count). The van der Waals surface area contributed by atoms with Crippen LogP contribution < -0.4 is 14.8 Å². The number of carbonyl (C=O) groups excluding carboxylic acids is 1. The Kier molecular flexibility index (Phi) is 4.47. The molecule has 0 spiro atoms. The van der Waals surface area contributed by atoms with Gasteiger partial charge >= 0.3 is 0 Å². The lowest BCUT2D eigenvalue weighted by molar-refractivity contribution is 0.101. The maximum absolute atomic E-state index is 12.5. The number of hydrogen-bond acceptors (Lipinski definition) is 7. The van der Waals surface area contributed by atoms with Gasteiger partial charge in [0.05, 0.1) is 24.4 Å². The highest BCUT2D eigenvalue weighted by Gasteiger charge is 2.17. The van der Waals surface area contributed by atoms with Gasteiger partial charge in [0.15, 0.2) is 28.1 Å². The molecule has 0 unspecified atom stereocenters. The lowest BCUT2D eigenvalue weighted by Gasteiger charge is -2.05. The Bertz CT molecular complexity index is 1060. The minimum absolute atomic E-state index is 0.184. The Morgan fingerprint density at radius 3 is 2.56 bits per heavy atom. The molecule has 0 aliphatic carbocycles. The largest absolute Gasteiger partial charge is 0.493 e. The summed E-state index contributed by atoms with van der Waals surface area (Å²) < 4.78 is 16.7. The number of anilines is 1. The van der Waals surface area contributed by atoms with Gasteiger partial charge in [0.1, 0.15) is 0 Å². The van der Waals surface area contributed by atoms with Gasteiger partial charge in [-0.05, 0) is 0 Å². The van der Waals surface area contributed by atoms with Gasteiger partial charge < -0.3 is 14.0 Å². The van der Waals surface area contributed by atoms with Crippen LogP contribution in [-0.4, -0.2) is 30.3 Å². The van der Waals surface area contributed by atoms with E-state index in [-0.39, 0.29) is 11.6 Å². The van der Waals surface area contributed by atoms with Gasteiger partial charge in [0, 0.05) is 23.8 Å². The van der Waals surface area contributed by atoms with Gasteiger partial charge in [-0.15, -0.1) is 0 Å². The molecule has 27 heavy (non-hydrogen) atoms. The SMILES string of the molecule is COc1cc2nc(NC(=O)c3cc(-c4ccccc4)on3)sc2cc1OC. The number of fused-ring (bicyclic) bond motifs is 1. The summed E-state index contributed by atoms with van der Waals surface area (Å²) in [6, 6.07) is 14.7. The average molecular weight is 381 g/mol. The third-order valence-electron chi connectivity index (χ3n) is 3.92. The summed E-state index contributed by atoms with van der Waals surface area (Å²) in [6.45, 7) is 0. The zero-order valence-electron chi connectivity index (χ0n) is 14.6. The van der Waals surface area contributed by atoms with Crippen molar-refractivity contribution in [3.8, 4) is 22.8 Å². The Labute approximate surface area is 158 Å². The highest BCUT2D eigenvalue weighted by Crippen LogP contribution is 2.36. The van der Waals surface area contributed by atoms with E-state index in [9.17, 15) is 4.79 Å². The molecule has 0 saturated heterocycles. The van der Waals surface area contributed by atoms with Crippen molar-refractivity contribution in [2.45, 2.75) is 0 Å². The van der Waals surface area contributed by atoms with Gasteiger partial charge in [-0.1, -0.05) is 46.8 Å². The fourth-order valence-electron chi connectivity index (χ4n) is 2.59. The third-order valence-corrected chi connectivity index (χ3v) is 4.85. The molecule has 2 heterocycles. The van der Waals surface area contributed by atoms with Crippen LogP contribution in [0.15, 0.2) is 53.1 Å². The highest BCUT2D eigenvalue weighted by molar-refractivity contribution is 7.22. The molecule has 8 heteroatoms.